The molecule has 1 unspecified atom stereocenters. The van der Waals surface area contributed by atoms with Crippen LogP contribution >= 0.6 is 11.8 Å². The van der Waals surface area contributed by atoms with Gasteiger partial charge in [0, 0.05) is 24.7 Å². The fourth-order valence-electron chi connectivity index (χ4n) is 2.11. The molecule has 0 aliphatic carbocycles. The minimum atomic E-state index is 0.0798. The normalized spacial score (nSPS) is 30.5. The number of hydrogen-bond acceptors (Lipinski definition) is 3. The predicted molar refractivity (Wildman–Crippen MR) is 63.8 cm³/mol. The van der Waals surface area contributed by atoms with Gasteiger partial charge in [-0.1, -0.05) is 13.8 Å². The zero-order chi connectivity index (χ0) is 10.9. The maximum atomic E-state index is 12.1. The fourth-order valence-corrected chi connectivity index (χ4v) is 3.04. The lowest BCUT2D eigenvalue weighted by atomic mass is 9.82. The van der Waals surface area contributed by atoms with Crippen LogP contribution in [0.1, 0.15) is 26.7 Å². The monoisotopic (exact) mass is 228 g/mol. The summed E-state index contributed by atoms with van der Waals surface area (Å²) in [7, 11) is 0. The Kier molecular flexibility index (Phi) is 3.26. The van der Waals surface area contributed by atoms with Crippen LogP contribution in [0.15, 0.2) is 0 Å². The number of nitrogens with one attached hydrogen (secondary N) is 1. The molecule has 15 heavy (non-hydrogen) atoms. The average Bonchev–Trinajstić information content (AvgIpc) is 2.69. The molecule has 2 heterocycles. The lowest BCUT2D eigenvalue weighted by molar-refractivity contribution is -0.134. The van der Waals surface area contributed by atoms with Crippen molar-refractivity contribution in [3.63, 3.8) is 0 Å². The van der Waals surface area contributed by atoms with Gasteiger partial charge in [0.2, 0.25) is 5.91 Å². The second-order valence-corrected chi connectivity index (χ2v) is 6.29. The zero-order valence-electron chi connectivity index (χ0n) is 9.58. The van der Waals surface area contributed by atoms with E-state index >= 15 is 0 Å². The molecule has 0 radical (unpaired) electrons. The van der Waals surface area contributed by atoms with Gasteiger partial charge in [0.1, 0.15) is 0 Å². The largest absolute Gasteiger partial charge is 0.341 e. The summed E-state index contributed by atoms with van der Waals surface area (Å²) in [4.78, 5) is 14.1. The van der Waals surface area contributed by atoms with Crippen LogP contribution in [0, 0.1) is 5.41 Å². The van der Waals surface area contributed by atoms with Crippen molar-refractivity contribution in [2.75, 3.05) is 24.7 Å². The first kappa shape index (κ1) is 11.3. The van der Waals surface area contributed by atoms with E-state index in [1.54, 1.807) is 0 Å². The maximum absolute atomic E-state index is 12.1. The van der Waals surface area contributed by atoms with E-state index in [0.717, 1.165) is 37.6 Å². The predicted octanol–water partition coefficient (Wildman–Crippen LogP) is 1.30. The molecule has 1 amide bonds. The number of carbonyl (C=O) groups excluding carboxylic acids is 1. The van der Waals surface area contributed by atoms with E-state index in [2.05, 4.69) is 19.2 Å². The molecule has 0 aromatic rings. The van der Waals surface area contributed by atoms with Crippen LogP contribution in [0.2, 0.25) is 0 Å². The molecule has 2 fully saturated rings. The molecule has 1 N–H and O–H groups in total. The molecule has 2 aliphatic heterocycles. The van der Waals surface area contributed by atoms with Crippen LogP contribution in [0.25, 0.3) is 0 Å². The van der Waals surface area contributed by atoms with E-state index in [1.165, 1.54) is 0 Å². The van der Waals surface area contributed by atoms with E-state index < -0.39 is 0 Å². The van der Waals surface area contributed by atoms with Gasteiger partial charge in [-0.05, 0) is 18.3 Å². The van der Waals surface area contributed by atoms with Crippen LogP contribution in [0.5, 0.6) is 0 Å². The second kappa shape index (κ2) is 4.34. The Morgan fingerprint density at radius 3 is 2.60 bits per heavy atom. The minimum Gasteiger partial charge on any atom is -0.341 e. The number of rotatable bonds is 1. The summed E-state index contributed by atoms with van der Waals surface area (Å²) in [5, 5.41) is 3.25. The van der Waals surface area contributed by atoms with Gasteiger partial charge in [0.05, 0.1) is 6.04 Å². The van der Waals surface area contributed by atoms with Crippen LogP contribution in [-0.2, 0) is 4.79 Å². The molecule has 0 spiro atoms. The van der Waals surface area contributed by atoms with Gasteiger partial charge < -0.3 is 4.90 Å². The Morgan fingerprint density at radius 2 is 2.07 bits per heavy atom. The van der Waals surface area contributed by atoms with Crippen LogP contribution < -0.4 is 5.32 Å². The number of nitrogens with zero attached hydrogens (tertiary/aromatic N) is 1. The molecule has 0 aromatic carbocycles. The Bertz CT molecular complexity index is 239. The van der Waals surface area contributed by atoms with Crippen molar-refractivity contribution in [2.24, 2.45) is 5.41 Å². The molecule has 0 saturated carbocycles. The van der Waals surface area contributed by atoms with Gasteiger partial charge in [0.15, 0.2) is 0 Å². The van der Waals surface area contributed by atoms with Crippen LogP contribution in [0.4, 0.5) is 0 Å². The summed E-state index contributed by atoms with van der Waals surface area (Å²) < 4.78 is 0. The maximum Gasteiger partial charge on any atom is 0.240 e. The number of thioether (sulfide) groups is 1. The zero-order valence-corrected chi connectivity index (χ0v) is 10.4. The molecular weight excluding hydrogens is 208 g/mol. The lowest BCUT2D eigenvalue weighted by Gasteiger charge is -2.37. The van der Waals surface area contributed by atoms with Gasteiger partial charge in [-0.15, -0.1) is 11.8 Å². The van der Waals surface area contributed by atoms with Crippen molar-refractivity contribution in [1.29, 1.82) is 0 Å². The highest BCUT2D eigenvalue weighted by molar-refractivity contribution is 7.99. The summed E-state index contributed by atoms with van der Waals surface area (Å²) >= 11 is 1.82. The molecule has 0 bridgehead atoms. The molecule has 2 saturated heterocycles. The SMILES string of the molecule is CC1(C)CCN(C(=O)C2CSCN2)CC1. The van der Waals surface area contributed by atoms with Gasteiger partial charge in [-0.25, -0.2) is 0 Å². The van der Waals surface area contributed by atoms with Crippen molar-refractivity contribution in [3.8, 4) is 0 Å². The fraction of sp³-hybridized carbons (Fsp3) is 0.909. The third-order valence-electron chi connectivity index (χ3n) is 3.44. The topological polar surface area (TPSA) is 32.3 Å². The standard InChI is InChI=1S/C11H20N2OS/c1-11(2)3-5-13(6-4-11)10(14)9-7-15-8-12-9/h9,12H,3-8H2,1-2H3. The van der Waals surface area contributed by atoms with E-state index in [0.29, 0.717) is 11.3 Å². The highest BCUT2D eigenvalue weighted by Gasteiger charge is 2.32. The molecular formula is C11H20N2OS. The van der Waals surface area contributed by atoms with Crippen LogP contribution in [-0.4, -0.2) is 41.6 Å². The van der Waals surface area contributed by atoms with Crippen molar-refractivity contribution in [1.82, 2.24) is 10.2 Å². The average molecular weight is 228 g/mol. The van der Waals surface area contributed by atoms with Gasteiger partial charge in [0.25, 0.3) is 0 Å². The number of amides is 1. The molecule has 86 valence electrons. The number of likely N-dealkylation sites (tertiary alicyclic amines) is 1. The molecule has 3 nitrogen and oxygen atoms in total. The van der Waals surface area contributed by atoms with Crippen molar-refractivity contribution < 1.29 is 4.79 Å². The number of carbonyl (C=O) groups is 1. The Hall–Kier alpha value is -0.220. The Balaban J connectivity index is 1.87. The molecule has 2 aliphatic rings. The van der Waals surface area contributed by atoms with E-state index in [4.69, 9.17) is 0 Å². The first-order valence-electron chi connectivity index (χ1n) is 5.68. The first-order valence-corrected chi connectivity index (χ1v) is 6.84. The van der Waals surface area contributed by atoms with Gasteiger partial charge in [-0.3, -0.25) is 10.1 Å². The van der Waals surface area contributed by atoms with Gasteiger partial charge in [-0.2, -0.15) is 0 Å². The summed E-state index contributed by atoms with van der Waals surface area (Å²) in [6.45, 7) is 6.46. The first-order chi connectivity index (χ1) is 7.08. The Labute approximate surface area is 96.0 Å². The smallest absolute Gasteiger partial charge is 0.240 e. The Morgan fingerprint density at radius 1 is 1.40 bits per heavy atom. The third-order valence-corrected chi connectivity index (χ3v) is 4.38. The molecule has 2 rings (SSSR count). The summed E-state index contributed by atoms with van der Waals surface area (Å²) in [6, 6.07) is 0.0798. The van der Waals surface area contributed by atoms with Gasteiger partial charge >= 0.3 is 0 Å². The molecule has 0 aromatic heterocycles. The number of piperidine rings is 1. The van der Waals surface area contributed by atoms with Crippen molar-refractivity contribution >= 4 is 17.7 Å². The summed E-state index contributed by atoms with van der Waals surface area (Å²) in [6.07, 6.45) is 2.28. The summed E-state index contributed by atoms with van der Waals surface area (Å²) in [5.41, 5.74) is 0.425. The lowest BCUT2D eigenvalue weighted by Crippen LogP contribution is -2.49. The summed E-state index contributed by atoms with van der Waals surface area (Å²) in [5.74, 6) is 2.18. The van der Waals surface area contributed by atoms with Crippen molar-refractivity contribution in [2.45, 2.75) is 32.7 Å². The van der Waals surface area contributed by atoms with Crippen molar-refractivity contribution in [3.05, 3.63) is 0 Å². The second-order valence-electron chi connectivity index (χ2n) is 5.26. The van der Waals surface area contributed by atoms with Crippen LogP contribution in [0.3, 0.4) is 0 Å². The van der Waals surface area contributed by atoms with E-state index in [9.17, 15) is 4.79 Å². The quantitative estimate of drug-likeness (QED) is 0.734. The highest BCUT2D eigenvalue weighted by Crippen LogP contribution is 2.30. The van der Waals surface area contributed by atoms with E-state index in [-0.39, 0.29) is 6.04 Å². The number of hydrogen-bond donors (Lipinski definition) is 1. The highest BCUT2D eigenvalue weighted by atomic mass is 32.2. The molecule has 4 heteroatoms. The minimum absolute atomic E-state index is 0.0798. The molecule has 1 atom stereocenters. The third kappa shape index (κ3) is 2.67. The van der Waals surface area contributed by atoms with E-state index in [1.807, 2.05) is 16.7 Å².